The van der Waals surface area contributed by atoms with Crippen molar-refractivity contribution in [3.63, 3.8) is 0 Å². The zero-order valence-electron chi connectivity index (χ0n) is 10.8. The number of benzene rings is 2. The second-order valence-electron chi connectivity index (χ2n) is 4.16. The normalized spacial score (nSPS) is 10.2. The predicted octanol–water partition coefficient (Wildman–Crippen LogP) is 4.50. The zero-order valence-corrected chi connectivity index (χ0v) is 13.2. The molecule has 0 aliphatic heterocycles. The lowest BCUT2D eigenvalue weighted by molar-refractivity contribution is 0.0602. The number of halogens is 2. The summed E-state index contributed by atoms with van der Waals surface area (Å²) in [6.45, 7) is 0.587. The lowest BCUT2D eigenvalue weighted by atomic mass is 10.1. The smallest absolute Gasteiger partial charge is 0.339 e. The number of hydrogen-bond donors (Lipinski definition) is 1. The van der Waals surface area contributed by atoms with Gasteiger partial charge in [-0.3, -0.25) is 0 Å². The van der Waals surface area contributed by atoms with Gasteiger partial charge in [-0.05, 0) is 35.9 Å². The van der Waals surface area contributed by atoms with E-state index in [1.165, 1.54) is 7.11 Å². The number of nitrogens with one attached hydrogen (secondary N) is 1. The first-order valence-electron chi connectivity index (χ1n) is 5.96. The molecule has 0 spiro atoms. The van der Waals surface area contributed by atoms with Gasteiger partial charge in [-0.2, -0.15) is 0 Å². The van der Waals surface area contributed by atoms with Gasteiger partial charge in [0.25, 0.3) is 0 Å². The van der Waals surface area contributed by atoms with Crippen LogP contribution in [0.15, 0.2) is 46.9 Å². The summed E-state index contributed by atoms with van der Waals surface area (Å²) in [7, 11) is 1.36. The van der Waals surface area contributed by atoms with Crippen LogP contribution in [0.1, 0.15) is 15.9 Å². The maximum atomic E-state index is 11.7. The molecule has 0 fully saturated rings. The third-order valence-electron chi connectivity index (χ3n) is 2.76. The van der Waals surface area contributed by atoms with Crippen molar-refractivity contribution in [3.8, 4) is 0 Å². The van der Waals surface area contributed by atoms with Crippen LogP contribution >= 0.6 is 27.5 Å². The van der Waals surface area contributed by atoms with E-state index in [-0.39, 0.29) is 0 Å². The number of ether oxygens (including phenoxy) is 1. The van der Waals surface area contributed by atoms with E-state index < -0.39 is 5.97 Å². The quantitative estimate of drug-likeness (QED) is 0.822. The van der Waals surface area contributed by atoms with Crippen LogP contribution in [0.5, 0.6) is 0 Å². The number of esters is 1. The van der Waals surface area contributed by atoms with Gasteiger partial charge in [0.2, 0.25) is 0 Å². The average molecular weight is 355 g/mol. The molecule has 20 heavy (non-hydrogen) atoms. The first-order valence-corrected chi connectivity index (χ1v) is 7.13. The van der Waals surface area contributed by atoms with Crippen LogP contribution in [0.4, 0.5) is 5.69 Å². The Morgan fingerprint density at radius 1 is 1.30 bits per heavy atom. The minimum Gasteiger partial charge on any atom is -0.465 e. The summed E-state index contributed by atoms with van der Waals surface area (Å²) < 4.78 is 5.77. The van der Waals surface area contributed by atoms with E-state index in [1.54, 1.807) is 18.2 Å². The summed E-state index contributed by atoms with van der Waals surface area (Å²) in [5, 5.41) is 3.77. The molecule has 0 atom stereocenters. The Kier molecular flexibility index (Phi) is 5.04. The van der Waals surface area contributed by atoms with Crippen LogP contribution in [-0.4, -0.2) is 13.1 Å². The van der Waals surface area contributed by atoms with Crippen molar-refractivity contribution in [2.24, 2.45) is 0 Å². The molecule has 0 radical (unpaired) electrons. The van der Waals surface area contributed by atoms with Gasteiger partial charge in [-0.15, -0.1) is 0 Å². The minimum absolute atomic E-state index is 0.390. The van der Waals surface area contributed by atoms with Crippen LogP contribution in [-0.2, 0) is 11.3 Å². The molecule has 0 aliphatic carbocycles. The molecule has 0 amide bonds. The molecule has 0 bridgehead atoms. The monoisotopic (exact) mass is 353 g/mol. The van der Waals surface area contributed by atoms with Crippen molar-refractivity contribution in [1.82, 2.24) is 0 Å². The third-order valence-corrected chi connectivity index (χ3v) is 3.49. The number of rotatable bonds is 4. The summed E-state index contributed by atoms with van der Waals surface area (Å²) in [6.07, 6.45) is 0. The van der Waals surface area contributed by atoms with E-state index in [4.69, 9.17) is 16.3 Å². The molecule has 3 nitrogen and oxygen atoms in total. The molecule has 2 aromatic rings. The van der Waals surface area contributed by atoms with Gasteiger partial charge in [0.05, 0.1) is 18.4 Å². The van der Waals surface area contributed by atoms with Crippen molar-refractivity contribution in [1.29, 1.82) is 0 Å². The summed E-state index contributed by atoms with van der Waals surface area (Å²) in [6, 6.07) is 13.0. The molecule has 2 aromatic carbocycles. The highest BCUT2D eigenvalue weighted by Gasteiger charge is 2.12. The molecule has 0 aliphatic rings. The van der Waals surface area contributed by atoms with Crippen molar-refractivity contribution in [3.05, 3.63) is 63.1 Å². The maximum absolute atomic E-state index is 11.7. The van der Waals surface area contributed by atoms with Gasteiger partial charge in [-0.25, -0.2) is 4.79 Å². The second-order valence-corrected chi connectivity index (χ2v) is 5.52. The number of carbonyl (C=O) groups is 1. The van der Waals surface area contributed by atoms with Gasteiger partial charge in [0, 0.05) is 16.0 Å². The van der Waals surface area contributed by atoms with Crippen LogP contribution in [0.3, 0.4) is 0 Å². The Bertz CT molecular complexity index is 631. The van der Waals surface area contributed by atoms with E-state index in [2.05, 4.69) is 21.2 Å². The average Bonchev–Trinajstić information content (AvgIpc) is 2.44. The number of carbonyl (C=O) groups excluding carboxylic acids is 1. The van der Waals surface area contributed by atoms with Gasteiger partial charge in [-0.1, -0.05) is 39.7 Å². The predicted molar refractivity (Wildman–Crippen MR) is 84.3 cm³/mol. The molecule has 5 heteroatoms. The molecule has 0 saturated heterocycles. The van der Waals surface area contributed by atoms with Crippen molar-refractivity contribution in [2.75, 3.05) is 12.4 Å². The van der Waals surface area contributed by atoms with Gasteiger partial charge >= 0.3 is 5.97 Å². The van der Waals surface area contributed by atoms with Crippen LogP contribution < -0.4 is 5.32 Å². The Morgan fingerprint density at radius 3 is 2.80 bits per heavy atom. The zero-order chi connectivity index (χ0) is 14.5. The third kappa shape index (κ3) is 3.74. The molecule has 0 aromatic heterocycles. The highest BCUT2D eigenvalue weighted by atomic mass is 79.9. The van der Waals surface area contributed by atoms with Crippen LogP contribution in [0.2, 0.25) is 5.02 Å². The first kappa shape index (κ1) is 14.9. The molecule has 2 rings (SSSR count). The van der Waals surface area contributed by atoms with E-state index in [1.807, 2.05) is 24.3 Å². The van der Waals surface area contributed by atoms with Gasteiger partial charge in [0.15, 0.2) is 0 Å². The highest BCUT2D eigenvalue weighted by molar-refractivity contribution is 9.10. The van der Waals surface area contributed by atoms with E-state index >= 15 is 0 Å². The largest absolute Gasteiger partial charge is 0.465 e. The lowest BCUT2D eigenvalue weighted by Gasteiger charge is -2.11. The number of hydrogen-bond acceptors (Lipinski definition) is 3. The van der Waals surface area contributed by atoms with Crippen molar-refractivity contribution < 1.29 is 9.53 Å². The SMILES string of the molecule is COC(=O)c1ccc(Cl)cc1NCc1cccc(Br)c1. The fraction of sp³-hybridized carbons (Fsp3) is 0.133. The Morgan fingerprint density at radius 2 is 2.10 bits per heavy atom. The lowest BCUT2D eigenvalue weighted by Crippen LogP contribution is -2.08. The molecular formula is C15H13BrClNO2. The molecule has 1 N–H and O–H groups in total. The molecule has 104 valence electrons. The van der Waals surface area contributed by atoms with E-state index in [0.717, 1.165) is 10.0 Å². The Labute approximate surface area is 131 Å². The van der Waals surface area contributed by atoms with E-state index in [9.17, 15) is 4.79 Å². The first-order chi connectivity index (χ1) is 9.60. The van der Waals surface area contributed by atoms with Crippen molar-refractivity contribution in [2.45, 2.75) is 6.54 Å². The second kappa shape index (κ2) is 6.77. The summed E-state index contributed by atoms with van der Waals surface area (Å²) in [5.41, 5.74) is 2.21. The van der Waals surface area contributed by atoms with Gasteiger partial charge < -0.3 is 10.1 Å². The number of methoxy groups -OCH3 is 1. The molecule has 0 saturated carbocycles. The van der Waals surface area contributed by atoms with Gasteiger partial charge in [0.1, 0.15) is 0 Å². The fourth-order valence-electron chi connectivity index (χ4n) is 1.79. The summed E-state index contributed by atoms with van der Waals surface area (Å²) in [4.78, 5) is 11.7. The summed E-state index contributed by atoms with van der Waals surface area (Å²) >= 11 is 9.40. The standard InChI is InChI=1S/C15H13BrClNO2/c1-20-15(19)13-6-5-12(17)8-14(13)18-9-10-3-2-4-11(16)7-10/h2-8,18H,9H2,1H3. The van der Waals surface area contributed by atoms with Crippen LogP contribution in [0, 0.1) is 0 Å². The summed E-state index contributed by atoms with van der Waals surface area (Å²) in [5.74, 6) is -0.390. The minimum atomic E-state index is -0.390. The van der Waals surface area contributed by atoms with Crippen LogP contribution in [0.25, 0.3) is 0 Å². The molecule has 0 unspecified atom stereocenters. The Balaban J connectivity index is 2.20. The Hall–Kier alpha value is -1.52. The highest BCUT2D eigenvalue weighted by Crippen LogP contribution is 2.23. The fourth-order valence-corrected chi connectivity index (χ4v) is 2.41. The molecular weight excluding hydrogens is 342 g/mol. The molecule has 0 heterocycles. The van der Waals surface area contributed by atoms with E-state index in [0.29, 0.717) is 22.8 Å². The maximum Gasteiger partial charge on any atom is 0.339 e. The topological polar surface area (TPSA) is 38.3 Å². The van der Waals surface area contributed by atoms with Crippen molar-refractivity contribution >= 4 is 39.2 Å². The number of anilines is 1.